The number of unbranched alkanes of at least 4 members (excludes halogenated alkanes) is 11. The van der Waals surface area contributed by atoms with Gasteiger partial charge in [0.2, 0.25) is 5.91 Å². The van der Waals surface area contributed by atoms with Gasteiger partial charge in [-0.2, -0.15) is 0 Å². The Kier molecular flexibility index (Phi) is 16.6. The van der Waals surface area contributed by atoms with Crippen molar-refractivity contribution in [3.63, 3.8) is 0 Å². The number of carbonyl (C=O) groups excluding carboxylic acids is 4. The molecule has 2 atom stereocenters. The number of nitrogens with one attached hydrogen (secondary N) is 1. The van der Waals surface area contributed by atoms with E-state index in [-0.39, 0.29) is 24.8 Å². The molecule has 1 saturated carbocycles. The highest BCUT2D eigenvalue weighted by molar-refractivity contribution is 6.03. The van der Waals surface area contributed by atoms with Crippen molar-refractivity contribution in [1.82, 2.24) is 10.2 Å². The first-order chi connectivity index (χ1) is 23.3. The van der Waals surface area contributed by atoms with E-state index >= 15 is 0 Å². The molecule has 0 aromatic carbocycles. The molecular formula is C41H72N2O6. The lowest BCUT2D eigenvalue weighted by Crippen LogP contribution is -2.75. The fraction of sp³-hybridized carbons (Fsp3) is 0.902. The molecule has 0 bridgehead atoms. The van der Waals surface area contributed by atoms with Gasteiger partial charge >= 0.3 is 5.97 Å². The van der Waals surface area contributed by atoms with Crippen LogP contribution in [0.1, 0.15) is 202 Å². The Morgan fingerprint density at radius 2 is 1.22 bits per heavy atom. The molecule has 2 saturated heterocycles. The van der Waals surface area contributed by atoms with Crippen LogP contribution in [0, 0.1) is 5.92 Å². The number of rotatable bonds is 16. The van der Waals surface area contributed by atoms with E-state index in [4.69, 9.17) is 9.47 Å². The van der Waals surface area contributed by atoms with Gasteiger partial charge in [0.05, 0.1) is 18.1 Å². The van der Waals surface area contributed by atoms with Crippen molar-refractivity contribution < 1.29 is 28.7 Å². The van der Waals surface area contributed by atoms with Gasteiger partial charge in [0.1, 0.15) is 12.1 Å². The van der Waals surface area contributed by atoms with Gasteiger partial charge in [-0.05, 0) is 59.8 Å². The molecule has 2 unspecified atom stereocenters. The Labute approximate surface area is 299 Å². The highest BCUT2D eigenvalue weighted by atomic mass is 16.6. The van der Waals surface area contributed by atoms with Gasteiger partial charge in [-0.25, -0.2) is 0 Å². The molecule has 1 N–H and O–H groups in total. The molecule has 2 amide bonds. The molecule has 2 heterocycles. The maximum Gasteiger partial charge on any atom is 0.313 e. The standard InChI is InChI=1S/C41H72N2O6/c1-7-8-9-10-11-12-13-14-18-21-24-27-30-48-35(46)31-34(45)36-39(5,6)43(33(2)44)38(3,4)32-41(36)37(47)42-40(49-41)28-25-22-19-16-15-17-20-23-26-29-40/h36H,7-32H2,1-6H3,(H,42,47). The van der Waals surface area contributed by atoms with Crippen LogP contribution in [0.3, 0.4) is 0 Å². The molecule has 2 aliphatic heterocycles. The minimum atomic E-state index is -1.48. The average molecular weight is 689 g/mol. The van der Waals surface area contributed by atoms with E-state index in [1.165, 1.54) is 96.8 Å². The number of hydrogen-bond acceptors (Lipinski definition) is 6. The predicted octanol–water partition coefficient (Wildman–Crippen LogP) is 9.50. The molecule has 3 aliphatic rings. The average Bonchev–Trinajstić information content (AvgIpc) is 3.25. The van der Waals surface area contributed by atoms with Crippen molar-refractivity contribution >= 4 is 23.6 Å². The van der Waals surface area contributed by atoms with Crippen LogP contribution in [-0.2, 0) is 28.7 Å². The number of carbonyl (C=O) groups is 4. The van der Waals surface area contributed by atoms with Crippen molar-refractivity contribution in [2.24, 2.45) is 5.92 Å². The number of ketones is 1. The van der Waals surface area contributed by atoms with Crippen LogP contribution in [0.15, 0.2) is 0 Å². The van der Waals surface area contributed by atoms with Gasteiger partial charge in [0.25, 0.3) is 5.91 Å². The number of piperidine rings is 1. The second-order valence-electron chi connectivity index (χ2n) is 16.8. The first-order valence-corrected chi connectivity index (χ1v) is 20.3. The lowest BCUT2D eigenvalue weighted by molar-refractivity contribution is -0.218. The number of likely N-dealkylation sites (tertiary alicyclic amines) is 1. The fourth-order valence-electron chi connectivity index (χ4n) is 9.66. The van der Waals surface area contributed by atoms with E-state index in [0.717, 1.165) is 44.9 Å². The van der Waals surface area contributed by atoms with Crippen LogP contribution in [0.4, 0.5) is 0 Å². The van der Waals surface area contributed by atoms with Gasteiger partial charge in [-0.1, -0.05) is 122 Å². The smallest absolute Gasteiger partial charge is 0.313 e. The van der Waals surface area contributed by atoms with E-state index in [1.54, 1.807) is 4.90 Å². The normalized spacial score (nSPS) is 25.4. The molecule has 3 fully saturated rings. The number of nitrogens with zero attached hydrogens (tertiary/aromatic N) is 1. The SMILES string of the molecule is CCCCCCCCCCCCCCOC(=O)CC(=O)C1C2(CC(C)(C)N(C(C)=O)C1(C)C)OC1(CCCCCCCCCCC1)NC2=O. The lowest BCUT2D eigenvalue weighted by Gasteiger charge is -2.60. The third-order valence-corrected chi connectivity index (χ3v) is 11.5. The Morgan fingerprint density at radius 3 is 1.71 bits per heavy atom. The number of esters is 1. The maximum atomic E-state index is 14.4. The highest BCUT2D eigenvalue weighted by Gasteiger charge is 2.70. The van der Waals surface area contributed by atoms with E-state index in [9.17, 15) is 19.2 Å². The van der Waals surface area contributed by atoms with E-state index < -0.39 is 46.5 Å². The Morgan fingerprint density at radius 1 is 0.755 bits per heavy atom. The van der Waals surface area contributed by atoms with E-state index in [2.05, 4.69) is 12.2 Å². The molecule has 8 nitrogen and oxygen atoms in total. The number of amides is 2. The molecule has 3 rings (SSSR count). The zero-order valence-electron chi connectivity index (χ0n) is 32.4. The van der Waals surface area contributed by atoms with Crippen LogP contribution in [-0.4, -0.2) is 57.5 Å². The molecule has 282 valence electrons. The van der Waals surface area contributed by atoms with Crippen molar-refractivity contribution in [3.8, 4) is 0 Å². The van der Waals surface area contributed by atoms with E-state index in [1.807, 2.05) is 27.7 Å². The van der Waals surface area contributed by atoms with Crippen molar-refractivity contribution in [2.75, 3.05) is 6.61 Å². The summed E-state index contributed by atoms with van der Waals surface area (Å²) in [4.78, 5) is 56.6. The molecule has 1 aliphatic carbocycles. The van der Waals surface area contributed by atoms with E-state index in [0.29, 0.717) is 12.8 Å². The summed E-state index contributed by atoms with van der Waals surface area (Å²) in [5.74, 6) is -2.44. The maximum absolute atomic E-state index is 14.4. The topological polar surface area (TPSA) is 102 Å². The van der Waals surface area contributed by atoms with Gasteiger partial charge in [0, 0.05) is 18.9 Å². The van der Waals surface area contributed by atoms with Gasteiger partial charge in [-0.3, -0.25) is 19.2 Å². The van der Waals surface area contributed by atoms with Crippen LogP contribution >= 0.6 is 0 Å². The Hall–Kier alpha value is -1.96. The summed E-state index contributed by atoms with van der Waals surface area (Å²) >= 11 is 0. The molecule has 8 heteroatoms. The molecule has 0 aromatic rings. The summed E-state index contributed by atoms with van der Waals surface area (Å²) in [6.07, 6.45) is 25.9. The first-order valence-electron chi connectivity index (χ1n) is 20.3. The molecule has 49 heavy (non-hydrogen) atoms. The summed E-state index contributed by atoms with van der Waals surface area (Å²) in [7, 11) is 0. The van der Waals surface area contributed by atoms with Crippen LogP contribution < -0.4 is 5.32 Å². The second-order valence-corrected chi connectivity index (χ2v) is 16.8. The summed E-state index contributed by atoms with van der Waals surface area (Å²) in [5, 5.41) is 3.29. The lowest BCUT2D eigenvalue weighted by atomic mass is 9.61. The monoisotopic (exact) mass is 689 g/mol. The van der Waals surface area contributed by atoms with Gasteiger partial charge < -0.3 is 19.7 Å². The zero-order valence-corrected chi connectivity index (χ0v) is 32.4. The first kappa shape index (κ1) is 41.5. The molecule has 0 aromatic heterocycles. The third kappa shape index (κ3) is 11.5. The molecular weight excluding hydrogens is 616 g/mol. The number of ether oxygens (including phenoxy) is 2. The van der Waals surface area contributed by atoms with Crippen molar-refractivity contribution in [1.29, 1.82) is 0 Å². The minimum Gasteiger partial charge on any atom is -0.465 e. The second kappa shape index (κ2) is 19.6. The summed E-state index contributed by atoms with van der Waals surface area (Å²) in [6, 6.07) is 0. The summed E-state index contributed by atoms with van der Waals surface area (Å²) < 4.78 is 12.6. The predicted molar refractivity (Wildman–Crippen MR) is 196 cm³/mol. The zero-order chi connectivity index (χ0) is 36.0. The Balaban J connectivity index is 1.64. The Bertz CT molecular complexity index is 1060. The molecule has 0 radical (unpaired) electrons. The largest absolute Gasteiger partial charge is 0.465 e. The van der Waals surface area contributed by atoms with Gasteiger partial charge in [0.15, 0.2) is 11.4 Å². The fourth-order valence-corrected chi connectivity index (χ4v) is 9.66. The highest BCUT2D eigenvalue weighted by Crippen LogP contribution is 2.54. The summed E-state index contributed by atoms with van der Waals surface area (Å²) in [6.45, 7) is 11.6. The van der Waals surface area contributed by atoms with Crippen LogP contribution in [0.2, 0.25) is 0 Å². The van der Waals surface area contributed by atoms with Crippen molar-refractivity contribution in [2.45, 2.75) is 224 Å². The third-order valence-electron chi connectivity index (χ3n) is 11.5. The van der Waals surface area contributed by atoms with Crippen LogP contribution in [0.5, 0.6) is 0 Å². The van der Waals surface area contributed by atoms with Crippen LogP contribution in [0.25, 0.3) is 0 Å². The number of Topliss-reactive ketones (excluding diaryl/α,β-unsaturated/α-hetero) is 1. The molecule has 2 spiro atoms. The summed E-state index contributed by atoms with van der Waals surface area (Å²) in [5.41, 5.74) is -4.17. The number of hydrogen-bond donors (Lipinski definition) is 1. The quantitative estimate of drug-likeness (QED) is 0.0985. The van der Waals surface area contributed by atoms with Gasteiger partial charge in [-0.15, -0.1) is 0 Å². The van der Waals surface area contributed by atoms with Crippen molar-refractivity contribution in [3.05, 3.63) is 0 Å². The minimum absolute atomic E-state index is 0.170.